The van der Waals surface area contributed by atoms with Crippen molar-refractivity contribution < 1.29 is 13.9 Å². The molecule has 1 aromatic carbocycles. The second kappa shape index (κ2) is 7.33. The van der Waals surface area contributed by atoms with E-state index in [0.29, 0.717) is 5.95 Å². The smallest absolute Gasteiger partial charge is 0.290 e. The maximum atomic E-state index is 5.69. The van der Waals surface area contributed by atoms with Gasteiger partial charge in [-0.05, 0) is 18.2 Å². The normalized spacial score (nSPS) is 15.6. The molecule has 4 nitrogen and oxygen atoms in total. The Hall–Kier alpha value is -1.49. The lowest BCUT2D eigenvalue weighted by Crippen LogP contribution is -2.35. The third kappa shape index (κ3) is 4.00. The number of benzene rings is 1. The van der Waals surface area contributed by atoms with Crippen molar-refractivity contribution in [3.8, 4) is 11.7 Å². The molecule has 108 valence electrons. The summed E-state index contributed by atoms with van der Waals surface area (Å²) in [4.78, 5) is 2.31. The average Bonchev–Trinajstić information content (AvgIpc) is 2.88. The molecule has 1 aliphatic heterocycles. The molecule has 0 atom stereocenters. The second-order valence-corrected chi connectivity index (χ2v) is 4.52. The average molecular weight is 296 g/mol. The molecular formula is C15H18ClNO3. The van der Waals surface area contributed by atoms with Crippen molar-refractivity contribution in [3.05, 3.63) is 48.2 Å². The summed E-state index contributed by atoms with van der Waals surface area (Å²) in [6.45, 7) is 4.31. The highest BCUT2D eigenvalue weighted by Gasteiger charge is 2.13. The number of rotatable bonds is 4. The van der Waals surface area contributed by atoms with Crippen LogP contribution in [-0.2, 0) is 11.3 Å². The van der Waals surface area contributed by atoms with Crippen LogP contribution in [0.1, 0.15) is 5.76 Å². The highest BCUT2D eigenvalue weighted by molar-refractivity contribution is 5.85. The molecule has 0 amide bonds. The molecule has 2 heterocycles. The Morgan fingerprint density at radius 2 is 1.75 bits per heavy atom. The van der Waals surface area contributed by atoms with Crippen LogP contribution in [0.5, 0.6) is 11.7 Å². The zero-order valence-electron chi connectivity index (χ0n) is 11.2. The zero-order chi connectivity index (χ0) is 12.9. The maximum Gasteiger partial charge on any atom is 0.290 e. The molecule has 20 heavy (non-hydrogen) atoms. The topological polar surface area (TPSA) is 34.8 Å². The SMILES string of the molecule is Cl.c1ccc(Oc2ccc(CN3CCOCC3)o2)cc1. The van der Waals surface area contributed by atoms with Crippen molar-refractivity contribution in [1.82, 2.24) is 4.90 Å². The monoisotopic (exact) mass is 295 g/mol. The predicted octanol–water partition coefficient (Wildman–Crippen LogP) is 3.33. The summed E-state index contributed by atoms with van der Waals surface area (Å²) in [6.07, 6.45) is 0. The molecule has 1 saturated heterocycles. The van der Waals surface area contributed by atoms with Gasteiger partial charge in [0.2, 0.25) is 0 Å². The van der Waals surface area contributed by atoms with Gasteiger partial charge in [0.1, 0.15) is 11.5 Å². The highest BCUT2D eigenvalue weighted by Crippen LogP contribution is 2.24. The molecule has 0 spiro atoms. The van der Waals surface area contributed by atoms with Crippen LogP contribution >= 0.6 is 12.4 Å². The summed E-state index contributed by atoms with van der Waals surface area (Å²) < 4.78 is 16.6. The number of para-hydroxylation sites is 1. The Labute approximate surface area is 124 Å². The van der Waals surface area contributed by atoms with Gasteiger partial charge in [0.25, 0.3) is 5.95 Å². The quantitative estimate of drug-likeness (QED) is 0.866. The Kier molecular flexibility index (Phi) is 5.47. The first-order chi connectivity index (χ1) is 9.40. The number of nitrogens with zero attached hydrogens (tertiary/aromatic N) is 1. The molecule has 1 aliphatic rings. The largest absolute Gasteiger partial charge is 0.429 e. The number of morpholine rings is 1. The van der Waals surface area contributed by atoms with Gasteiger partial charge in [-0.15, -0.1) is 12.4 Å². The van der Waals surface area contributed by atoms with Crippen molar-refractivity contribution in [2.24, 2.45) is 0 Å². The molecule has 0 bridgehead atoms. The molecule has 1 fully saturated rings. The third-order valence-electron chi connectivity index (χ3n) is 3.08. The highest BCUT2D eigenvalue weighted by atomic mass is 35.5. The van der Waals surface area contributed by atoms with Gasteiger partial charge in [-0.3, -0.25) is 4.90 Å². The van der Waals surface area contributed by atoms with Crippen LogP contribution in [-0.4, -0.2) is 31.2 Å². The lowest BCUT2D eigenvalue weighted by Gasteiger charge is -2.25. The van der Waals surface area contributed by atoms with Crippen molar-refractivity contribution in [3.63, 3.8) is 0 Å². The Morgan fingerprint density at radius 3 is 2.50 bits per heavy atom. The minimum absolute atomic E-state index is 0. The molecule has 5 heteroatoms. The Morgan fingerprint density at radius 1 is 1.00 bits per heavy atom. The van der Waals surface area contributed by atoms with Crippen LogP contribution in [0.2, 0.25) is 0 Å². The predicted molar refractivity (Wildman–Crippen MR) is 78.6 cm³/mol. The molecule has 0 radical (unpaired) electrons. The number of halogens is 1. The number of hydrogen-bond donors (Lipinski definition) is 0. The van der Waals surface area contributed by atoms with Crippen LogP contribution in [0.4, 0.5) is 0 Å². The lowest BCUT2D eigenvalue weighted by molar-refractivity contribution is 0.0310. The van der Waals surface area contributed by atoms with Gasteiger partial charge in [0.05, 0.1) is 19.8 Å². The molecule has 2 aromatic rings. The minimum atomic E-state index is 0. The van der Waals surface area contributed by atoms with Crippen LogP contribution in [0, 0.1) is 0 Å². The Bertz CT molecular complexity index is 509. The molecule has 3 rings (SSSR count). The van der Waals surface area contributed by atoms with Crippen molar-refractivity contribution >= 4 is 12.4 Å². The van der Waals surface area contributed by atoms with E-state index in [9.17, 15) is 0 Å². The fraction of sp³-hybridized carbons (Fsp3) is 0.333. The standard InChI is InChI=1S/C15H17NO3.ClH/c1-2-4-13(5-3-1)18-15-7-6-14(19-15)12-16-8-10-17-11-9-16;/h1-7H,8-12H2;1H. The fourth-order valence-electron chi connectivity index (χ4n) is 2.08. The van der Waals surface area contributed by atoms with Gasteiger partial charge in [0.15, 0.2) is 0 Å². The van der Waals surface area contributed by atoms with Crippen LogP contribution in [0.3, 0.4) is 0 Å². The van der Waals surface area contributed by atoms with Crippen LogP contribution in [0.25, 0.3) is 0 Å². The van der Waals surface area contributed by atoms with Gasteiger partial charge < -0.3 is 13.9 Å². The van der Waals surface area contributed by atoms with Gasteiger partial charge in [-0.25, -0.2) is 0 Å². The first kappa shape index (κ1) is 14.9. The molecule has 0 saturated carbocycles. The van der Waals surface area contributed by atoms with E-state index in [1.54, 1.807) is 0 Å². The zero-order valence-corrected chi connectivity index (χ0v) is 12.0. The van der Waals surface area contributed by atoms with E-state index in [4.69, 9.17) is 13.9 Å². The van der Waals surface area contributed by atoms with E-state index >= 15 is 0 Å². The van der Waals surface area contributed by atoms with E-state index in [0.717, 1.165) is 44.4 Å². The van der Waals surface area contributed by atoms with Gasteiger partial charge in [-0.1, -0.05) is 18.2 Å². The molecular weight excluding hydrogens is 278 g/mol. The van der Waals surface area contributed by atoms with E-state index in [1.807, 2.05) is 42.5 Å². The lowest BCUT2D eigenvalue weighted by atomic mass is 10.3. The first-order valence-corrected chi connectivity index (χ1v) is 6.52. The maximum absolute atomic E-state index is 5.69. The summed E-state index contributed by atoms with van der Waals surface area (Å²) in [7, 11) is 0. The summed E-state index contributed by atoms with van der Waals surface area (Å²) in [5.74, 6) is 2.25. The van der Waals surface area contributed by atoms with Crippen molar-refractivity contribution in [2.45, 2.75) is 6.54 Å². The van der Waals surface area contributed by atoms with Gasteiger partial charge in [0, 0.05) is 19.2 Å². The molecule has 0 aliphatic carbocycles. The van der Waals surface area contributed by atoms with E-state index < -0.39 is 0 Å². The second-order valence-electron chi connectivity index (χ2n) is 4.52. The van der Waals surface area contributed by atoms with Crippen LogP contribution in [0.15, 0.2) is 46.9 Å². The summed E-state index contributed by atoms with van der Waals surface area (Å²) in [5, 5.41) is 0. The van der Waals surface area contributed by atoms with Crippen molar-refractivity contribution in [1.29, 1.82) is 0 Å². The van der Waals surface area contributed by atoms with E-state index in [2.05, 4.69) is 4.90 Å². The molecule has 0 N–H and O–H groups in total. The first-order valence-electron chi connectivity index (χ1n) is 6.52. The number of hydrogen-bond acceptors (Lipinski definition) is 4. The molecule has 1 aromatic heterocycles. The van der Waals surface area contributed by atoms with Crippen molar-refractivity contribution in [2.75, 3.05) is 26.3 Å². The third-order valence-corrected chi connectivity index (χ3v) is 3.08. The number of furan rings is 1. The van der Waals surface area contributed by atoms with Crippen LogP contribution < -0.4 is 4.74 Å². The minimum Gasteiger partial charge on any atom is -0.429 e. The summed E-state index contributed by atoms with van der Waals surface area (Å²) >= 11 is 0. The summed E-state index contributed by atoms with van der Waals surface area (Å²) in [5.41, 5.74) is 0. The van der Waals surface area contributed by atoms with Gasteiger partial charge >= 0.3 is 0 Å². The number of ether oxygens (including phenoxy) is 2. The van der Waals surface area contributed by atoms with E-state index in [1.165, 1.54) is 0 Å². The fourth-order valence-corrected chi connectivity index (χ4v) is 2.08. The van der Waals surface area contributed by atoms with Gasteiger partial charge in [-0.2, -0.15) is 0 Å². The summed E-state index contributed by atoms with van der Waals surface area (Å²) in [6, 6.07) is 13.5. The van der Waals surface area contributed by atoms with E-state index in [-0.39, 0.29) is 12.4 Å². The Balaban J connectivity index is 0.00000147. The molecule has 0 unspecified atom stereocenters.